The molecule has 0 fully saturated rings. The van der Waals surface area contributed by atoms with Gasteiger partial charge >= 0.3 is 0 Å². The molecule has 0 spiro atoms. The minimum atomic E-state index is 0.0519. The van der Waals surface area contributed by atoms with Gasteiger partial charge in [0.05, 0.1) is 0 Å². The van der Waals surface area contributed by atoms with Gasteiger partial charge in [0.15, 0.2) is 0 Å². The van der Waals surface area contributed by atoms with E-state index < -0.39 is 0 Å². The lowest BCUT2D eigenvalue weighted by Crippen LogP contribution is -2.57. The van der Waals surface area contributed by atoms with E-state index in [0.717, 1.165) is 50.7 Å². The lowest BCUT2D eigenvalue weighted by atomic mass is 9.34. The Balaban J connectivity index is 1.50. The number of ether oxygens (including phenoxy) is 2. The van der Waals surface area contributed by atoms with Crippen LogP contribution in [-0.2, 0) is 0 Å². The van der Waals surface area contributed by atoms with Crippen molar-refractivity contribution in [3.8, 4) is 45.3 Å². The summed E-state index contributed by atoms with van der Waals surface area (Å²) in [7, 11) is 0. The Kier molecular flexibility index (Phi) is 3.97. The molecule has 0 atom stereocenters. The van der Waals surface area contributed by atoms with Crippen LogP contribution in [0.15, 0.2) is 115 Å². The number of hydrogen-bond donors (Lipinski definition) is 0. The summed E-state index contributed by atoms with van der Waals surface area (Å²) in [5.41, 5.74) is 7.97. The van der Waals surface area contributed by atoms with Crippen molar-refractivity contribution in [1.82, 2.24) is 0 Å². The molecule has 0 bridgehead atoms. The van der Waals surface area contributed by atoms with Crippen LogP contribution in [0.3, 0.4) is 0 Å². The van der Waals surface area contributed by atoms with Crippen LogP contribution in [-0.4, -0.2) is 6.71 Å². The molecule has 7 rings (SSSR count). The molecule has 33 heavy (non-hydrogen) atoms. The van der Waals surface area contributed by atoms with Crippen molar-refractivity contribution in [2.45, 2.75) is 0 Å². The Labute approximate surface area is 193 Å². The summed E-state index contributed by atoms with van der Waals surface area (Å²) >= 11 is 0. The fraction of sp³-hybridized carbons (Fsp3) is 0. The fourth-order valence-electron chi connectivity index (χ4n) is 5.17. The third-order valence-corrected chi connectivity index (χ3v) is 6.62. The molecule has 2 aliphatic heterocycles. The highest BCUT2D eigenvalue weighted by atomic mass is 16.5. The van der Waals surface area contributed by atoms with Gasteiger partial charge in [0.25, 0.3) is 6.71 Å². The summed E-state index contributed by atoms with van der Waals surface area (Å²) in [6, 6.07) is 39.9. The average Bonchev–Trinajstić information content (AvgIpc) is 2.89. The Morgan fingerprint density at radius 2 is 0.879 bits per heavy atom. The minimum Gasteiger partial charge on any atom is -0.458 e. The lowest BCUT2D eigenvalue weighted by Gasteiger charge is -2.34. The van der Waals surface area contributed by atoms with Gasteiger partial charge in [-0.3, -0.25) is 0 Å². The SMILES string of the molecule is c1ccc(-c2cccc3c2Oc2cccc4c2B3c2cccc(-c3ccccc3)c2O4)cc1. The van der Waals surface area contributed by atoms with E-state index >= 15 is 0 Å². The first-order valence-corrected chi connectivity index (χ1v) is 11.2. The smallest absolute Gasteiger partial charge is 0.260 e. The number of rotatable bonds is 2. The molecule has 5 aromatic rings. The van der Waals surface area contributed by atoms with Crippen LogP contribution in [0.25, 0.3) is 22.3 Å². The Hall–Kier alpha value is -4.24. The van der Waals surface area contributed by atoms with Gasteiger partial charge in [-0.05, 0) is 34.2 Å². The number of hydrogen-bond acceptors (Lipinski definition) is 2. The van der Waals surface area contributed by atoms with Crippen LogP contribution in [0, 0.1) is 0 Å². The summed E-state index contributed by atoms with van der Waals surface area (Å²) in [6.45, 7) is 0.0519. The van der Waals surface area contributed by atoms with Crippen LogP contribution in [0.4, 0.5) is 0 Å². The molecule has 5 aromatic carbocycles. The quantitative estimate of drug-likeness (QED) is 0.331. The highest BCUT2D eigenvalue weighted by Crippen LogP contribution is 2.41. The maximum Gasteiger partial charge on any atom is 0.260 e. The lowest BCUT2D eigenvalue weighted by molar-refractivity contribution is 0.466. The van der Waals surface area contributed by atoms with Gasteiger partial charge < -0.3 is 9.47 Å². The Bertz CT molecular complexity index is 1400. The van der Waals surface area contributed by atoms with Crippen molar-refractivity contribution >= 4 is 23.1 Å². The van der Waals surface area contributed by atoms with E-state index in [9.17, 15) is 0 Å². The van der Waals surface area contributed by atoms with Crippen molar-refractivity contribution in [3.05, 3.63) is 115 Å². The van der Waals surface area contributed by atoms with Crippen molar-refractivity contribution in [2.75, 3.05) is 0 Å². The van der Waals surface area contributed by atoms with Crippen LogP contribution < -0.4 is 25.9 Å². The number of fused-ring (bicyclic) bond motifs is 4. The first kappa shape index (κ1) is 18.3. The van der Waals surface area contributed by atoms with E-state index in [-0.39, 0.29) is 6.71 Å². The average molecular weight is 422 g/mol. The highest BCUT2D eigenvalue weighted by molar-refractivity contribution is 6.98. The second-order valence-corrected chi connectivity index (χ2v) is 8.48. The molecule has 2 nitrogen and oxygen atoms in total. The fourth-order valence-corrected chi connectivity index (χ4v) is 5.17. The molecule has 0 radical (unpaired) electrons. The predicted octanol–water partition coefficient (Wildman–Crippen LogP) is 5.75. The van der Waals surface area contributed by atoms with Gasteiger partial charge in [-0.1, -0.05) is 103 Å². The summed E-state index contributed by atoms with van der Waals surface area (Å²) in [4.78, 5) is 0. The van der Waals surface area contributed by atoms with E-state index in [4.69, 9.17) is 9.47 Å². The van der Waals surface area contributed by atoms with Gasteiger partial charge in [-0.15, -0.1) is 0 Å². The molecular weight excluding hydrogens is 403 g/mol. The van der Waals surface area contributed by atoms with Gasteiger partial charge in [-0.2, -0.15) is 0 Å². The second kappa shape index (κ2) is 7.14. The normalized spacial score (nSPS) is 12.7. The summed E-state index contributed by atoms with van der Waals surface area (Å²) in [5.74, 6) is 3.58. The first-order valence-electron chi connectivity index (χ1n) is 11.2. The van der Waals surface area contributed by atoms with Gasteiger partial charge in [0.2, 0.25) is 0 Å². The van der Waals surface area contributed by atoms with E-state index in [1.54, 1.807) is 0 Å². The molecule has 0 aromatic heterocycles. The standard InChI is InChI=1S/C30H19BO2/c1-3-10-20(11-4-1)22-14-7-16-24-29(22)32-26-18-9-19-27-28(26)31(24)25-17-8-15-23(30(25)33-27)21-12-5-2-6-13-21/h1-19H. The summed E-state index contributed by atoms with van der Waals surface area (Å²) in [6.07, 6.45) is 0. The molecule has 0 aliphatic carbocycles. The first-order chi connectivity index (χ1) is 16.4. The zero-order valence-corrected chi connectivity index (χ0v) is 17.9. The van der Waals surface area contributed by atoms with Gasteiger partial charge in [0, 0.05) is 16.6 Å². The van der Waals surface area contributed by atoms with Crippen molar-refractivity contribution in [2.24, 2.45) is 0 Å². The van der Waals surface area contributed by atoms with Crippen LogP contribution in [0.2, 0.25) is 0 Å². The van der Waals surface area contributed by atoms with E-state index in [1.807, 2.05) is 30.3 Å². The van der Waals surface area contributed by atoms with Crippen molar-refractivity contribution in [1.29, 1.82) is 0 Å². The molecular formula is C30H19BO2. The van der Waals surface area contributed by atoms with Crippen molar-refractivity contribution in [3.63, 3.8) is 0 Å². The number of benzene rings is 5. The third kappa shape index (κ3) is 2.76. The Morgan fingerprint density at radius 1 is 0.424 bits per heavy atom. The van der Waals surface area contributed by atoms with Crippen LogP contribution in [0.5, 0.6) is 23.0 Å². The van der Waals surface area contributed by atoms with Crippen LogP contribution in [0.1, 0.15) is 0 Å². The molecule has 2 heterocycles. The van der Waals surface area contributed by atoms with E-state index in [1.165, 1.54) is 10.9 Å². The molecule has 0 amide bonds. The summed E-state index contributed by atoms with van der Waals surface area (Å²) < 4.78 is 13.1. The summed E-state index contributed by atoms with van der Waals surface area (Å²) in [5, 5.41) is 0. The minimum absolute atomic E-state index is 0.0519. The Morgan fingerprint density at radius 3 is 1.36 bits per heavy atom. The third-order valence-electron chi connectivity index (χ3n) is 6.62. The van der Waals surface area contributed by atoms with E-state index in [0.29, 0.717) is 0 Å². The van der Waals surface area contributed by atoms with Gasteiger partial charge in [0.1, 0.15) is 23.0 Å². The molecule has 0 N–H and O–H groups in total. The molecule has 3 heteroatoms. The maximum absolute atomic E-state index is 6.56. The monoisotopic (exact) mass is 422 g/mol. The van der Waals surface area contributed by atoms with E-state index in [2.05, 4.69) is 84.9 Å². The molecule has 0 saturated carbocycles. The second-order valence-electron chi connectivity index (χ2n) is 8.48. The predicted molar refractivity (Wildman–Crippen MR) is 135 cm³/mol. The zero-order valence-electron chi connectivity index (χ0n) is 17.9. The maximum atomic E-state index is 6.56. The zero-order chi connectivity index (χ0) is 21.8. The molecule has 0 unspecified atom stereocenters. The largest absolute Gasteiger partial charge is 0.458 e. The highest BCUT2D eigenvalue weighted by Gasteiger charge is 2.41. The molecule has 0 saturated heterocycles. The van der Waals surface area contributed by atoms with Gasteiger partial charge in [-0.25, -0.2) is 0 Å². The topological polar surface area (TPSA) is 18.5 Å². The van der Waals surface area contributed by atoms with Crippen LogP contribution >= 0.6 is 0 Å². The van der Waals surface area contributed by atoms with Crippen molar-refractivity contribution < 1.29 is 9.47 Å². The number of para-hydroxylation sites is 2. The molecule has 154 valence electrons. The molecule has 2 aliphatic rings.